The molecule has 3 aliphatic rings. The number of H-pyrrole nitrogens is 1. The lowest BCUT2D eigenvalue weighted by atomic mass is 9.83. The van der Waals surface area contributed by atoms with Crippen LogP contribution in [0, 0.1) is 24.7 Å². The molecule has 3 N–H and O–H groups in total. The van der Waals surface area contributed by atoms with Gasteiger partial charge in [-0.3, -0.25) is 9.89 Å². The highest BCUT2D eigenvalue weighted by atomic mass is 16.1. The van der Waals surface area contributed by atoms with E-state index in [0.29, 0.717) is 17.8 Å². The van der Waals surface area contributed by atoms with E-state index in [1.165, 1.54) is 12.5 Å². The number of rotatable bonds is 7. The first kappa shape index (κ1) is 21.9. The molecule has 1 aliphatic heterocycles. The van der Waals surface area contributed by atoms with Crippen LogP contribution in [0.15, 0.2) is 24.8 Å². The van der Waals surface area contributed by atoms with Gasteiger partial charge in [-0.1, -0.05) is 6.58 Å². The Balaban J connectivity index is 1.32. The van der Waals surface area contributed by atoms with Gasteiger partial charge in [0.15, 0.2) is 0 Å². The molecule has 0 aromatic carbocycles. The van der Waals surface area contributed by atoms with Crippen molar-refractivity contribution in [1.29, 1.82) is 0 Å². The minimum atomic E-state index is -0.0583. The number of carbonyl (C=O) groups excluding carboxylic acids is 1. The second-order valence-electron chi connectivity index (χ2n) is 9.88. The summed E-state index contributed by atoms with van der Waals surface area (Å²) in [6, 6.07) is 4.31. The monoisotopic (exact) mass is 450 g/mol. The van der Waals surface area contributed by atoms with Crippen molar-refractivity contribution < 1.29 is 4.79 Å². The van der Waals surface area contributed by atoms with E-state index in [2.05, 4.69) is 44.3 Å². The number of anilines is 3. The number of aryl methyl sites for hydroxylation is 1. The largest absolute Gasteiger partial charge is 0.354 e. The first-order chi connectivity index (χ1) is 16.0. The van der Waals surface area contributed by atoms with Gasteiger partial charge in [0.05, 0.1) is 5.69 Å². The number of piperazine rings is 1. The van der Waals surface area contributed by atoms with Crippen LogP contribution in [0.1, 0.15) is 30.8 Å². The summed E-state index contributed by atoms with van der Waals surface area (Å²) in [4.78, 5) is 26.3. The highest BCUT2D eigenvalue weighted by Crippen LogP contribution is 2.49. The van der Waals surface area contributed by atoms with Crippen LogP contribution in [0.2, 0.25) is 0 Å². The van der Waals surface area contributed by atoms with Gasteiger partial charge < -0.3 is 20.4 Å². The van der Waals surface area contributed by atoms with Gasteiger partial charge in [0.1, 0.15) is 23.3 Å². The molecule has 1 amide bonds. The van der Waals surface area contributed by atoms with E-state index < -0.39 is 0 Å². The quantitative estimate of drug-likeness (QED) is 0.556. The number of fused-ring (bicyclic) bond motifs is 2. The van der Waals surface area contributed by atoms with Crippen LogP contribution in [0.5, 0.6) is 0 Å². The summed E-state index contributed by atoms with van der Waals surface area (Å²) < 4.78 is 0. The van der Waals surface area contributed by atoms with E-state index in [1.807, 2.05) is 19.1 Å². The summed E-state index contributed by atoms with van der Waals surface area (Å²) in [5.74, 6) is 5.21. The van der Waals surface area contributed by atoms with Crippen molar-refractivity contribution in [2.24, 2.45) is 17.8 Å². The average molecular weight is 451 g/mol. The minimum Gasteiger partial charge on any atom is -0.354 e. The Morgan fingerprint density at radius 2 is 2.00 bits per heavy atom. The number of nitrogens with one attached hydrogen (secondary N) is 3. The molecule has 3 heterocycles. The van der Waals surface area contributed by atoms with Crippen molar-refractivity contribution in [2.75, 3.05) is 43.4 Å². The molecule has 2 aromatic heterocycles. The number of aromatic nitrogens is 4. The summed E-state index contributed by atoms with van der Waals surface area (Å²) in [5, 5.41) is 13.7. The van der Waals surface area contributed by atoms with Crippen LogP contribution in [0.25, 0.3) is 0 Å². The zero-order valence-corrected chi connectivity index (χ0v) is 19.5. The maximum atomic E-state index is 11.7. The standard InChI is InChI=1S/C24H34N8O/c1-4-24(33)25-19-12-16-10-18(19)11-17(16)13-20-26-21(27-22-9-15(2)29-30-22)14-23(28-20)32-7-5-31(3)6-8-32/h4,9,14,16-19H,1,5-8,10-13H2,2-3H3,(H,25,33)(H2,26,27,28,29,30). The number of carbonyl (C=O) groups is 1. The zero-order valence-electron chi connectivity index (χ0n) is 19.5. The van der Waals surface area contributed by atoms with Crippen molar-refractivity contribution in [3.05, 3.63) is 36.3 Å². The van der Waals surface area contributed by atoms with E-state index >= 15 is 0 Å². The lowest BCUT2D eigenvalue weighted by molar-refractivity contribution is -0.117. The fourth-order valence-electron chi connectivity index (χ4n) is 5.76. The molecule has 9 heteroatoms. The SMILES string of the molecule is C=CC(=O)NC1CC2CC1CC2Cc1nc(Nc2cc(C)n[nH]2)cc(N2CCN(C)CC2)n1. The Morgan fingerprint density at radius 1 is 1.18 bits per heavy atom. The summed E-state index contributed by atoms with van der Waals surface area (Å²) in [6.45, 7) is 9.54. The molecule has 5 rings (SSSR count). The van der Waals surface area contributed by atoms with Crippen LogP contribution < -0.4 is 15.5 Å². The molecular formula is C24H34N8O. The van der Waals surface area contributed by atoms with E-state index in [-0.39, 0.29) is 11.9 Å². The van der Waals surface area contributed by atoms with E-state index in [0.717, 1.165) is 74.4 Å². The van der Waals surface area contributed by atoms with Crippen LogP contribution in [0.3, 0.4) is 0 Å². The highest BCUT2D eigenvalue weighted by Gasteiger charge is 2.46. The van der Waals surface area contributed by atoms with Gasteiger partial charge >= 0.3 is 0 Å². The fourth-order valence-corrected chi connectivity index (χ4v) is 5.76. The molecule has 4 atom stereocenters. The molecule has 0 radical (unpaired) electrons. The second kappa shape index (κ2) is 9.13. The molecular weight excluding hydrogens is 416 g/mol. The smallest absolute Gasteiger partial charge is 0.243 e. The van der Waals surface area contributed by atoms with Gasteiger partial charge in [-0.05, 0) is 57.1 Å². The lowest BCUT2D eigenvalue weighted by Gasteiger charge is -2.33. The maximum Gasteiger partial charge on any atom is 0.243 e. The van der Waals surface area contributed by atoms with Crippen LogP contribution in [0.4, 0.5) is 17.5 Å². The molecule has 9 nitrogen and oxygen atoms in total. The minimum absolute atomic E-state index is 0.0583. The van der Waals surface area contributed by atoms with Crippen molar-refractivity contribution >= 4 is 23.4 Å². The summed E-state index contributed by atoms with van der Waals surface area (Å²) in [7, 11) is 2.16. The van der Waals surface area contributed by atoms with E-state index in [1.54, 1.807) is 0 Å². The molecule has 0 spiro atoms. The molecule has 176 valence electrons. The van der Waals surface area contributed by atoms with Gasteiger partial charge in [0, 0.05) is 50.8 Å². The molecule has 4 unspecified atom stereocenters. The lowest BCUT2D eigenvalue weighted by Crippen LogP contribution is -2.45. The third-order valence-corrected chi connectivity index (χ3v) is 7.52. The molecule has 1 saturated heterocycles. The summed E-state index contributed by atoms with van der Waals surface area (Å²) in [5.41, 5.74) is 0.936. The number of amides is 1. The van der Waals surface area contributed by atoms with Gasteiger partial charge in [0.25, 0.3) is 0 Å². The third kappa shape index (κ3) is 4.88. The topological polar surface area (TPSA) is 102 Å². The highest BCUT2D eigenvalue weighted by molar-refractivity contribution is 5.87. The molecule has 2 bridgehead atoms. The molecule has 33 heavy (non-hydrogen) atoms. The number of hydrogen-bond acceptors (Lipinski definition) is 7. The number of hydrogen-bond donors (Lipinski definition) is 3. The zero-order chi connectivity index (χ0) is 22.9. The third-order valence-electron chi connectivity index (χ3n) is 7.52. The van der Waals surface area contributed by atoms with Crippen LogP contribution in [-0.2, 0) is 11.2 Å². The summed E-state index contributed by atoms with van der Waals surface area (Å²) >= 11 is 0. The normalized spacial score (nSPS) is 27.0. The Labute approximate surface area is 195 Å². The molecule has 2 aromatic rings. The second-order valence-corrected chi connectivity index (χ2v) is 9.88. The Hall–Kier alpha value is -2.94. The predicted octanol–water partition coefficient (Wildman–Crippen LogP) is 2.26. The van der Waals surface area contributed by atoms with E-state index in [4.69, 9.17) is 9.97 Å². The molecule has 2 saturated carbocycles. The molecule has 3 fully saturated rings. The number of likely N-dealkylation sites (N-methyl/N-ethyl adjacent to an activating group) is 1. The Bertz CT molecular complexity index is 1010. The predicted molar refractivity (Wildman–Crippen MR) is 129 cm³/mol. The van der Waals surface area contributed by atoms with E-state index in [9.17, 15) is 4.79 Å². The molecule has 2 aliphatic carbocycles. The first-order valence-electron chi connectivity index (χ1n) is 12.0. The van der Waals surface area contributed by atoms with Gasteiger partial charge in [-0.15, -0.1) is 0 Å². The first-order valence-corrected chi connectivity index (χ1v) is 12.0. The maximum absolute atomic E-state index is 11.7. The van der Waals surface area contributed by atoms with Gasteiger partial charge in [0.2, 0.25) is 5.91 Å². The Morgan fingerprint density at radius 3 is 2.67 bits per heavy atom. The summed E-state index contributed by atoms with van der Waals surface area (Å²) in [6.07, 6.45) is 5.60. The fraction of sp³-hybridized carbons (Fsp3) is 0.583. The van der Waals surface area contributed by atoms with Crippen molar-refractivity contribution in [2.45, 2.75) is 38.6 Å². The van der Waals surface area contributed by atoms with Gasteiger partial charge in [-0.2, -0.15) is 5.10 Å². The van der Waals surface area contributed by atoms with Crippen LogP contribution in [-0.4, -0.2) is 70.2 Å². The average Bonchev–Trinajstić information content (AvgIpc) is 3.50. The van der Waals surface area contributed by atoms with Crippen molar-refractivity contribution in [3.8, 4) is 0 Å². The Kier molecular flexibility index (Phi) is 6.05. The number of nitrogens with zero attached hydrogens (tertiary/aromatic N) is 5. The van der Waals surface area contributed by atoms with Crippen molar-refractivity contribution in [3.63, 3.8) is 0 Å². The number of aromatic amines is 1. The van der Waals surface area contributed by atoms with Crippen molar-refractivity contribution in [1.82, 2.24) is 30.4 Å². The van der Waals surface area contributed by atoms with Crippen LogP contribution >= 0.6 is 0 Å². The van der Waals surface area contributed by atoms with Gasteiger partial charge in [-0.25, -0.2) is 9.97 Å².